The van der Waals surface area contributed by atoms with Gasteiger partial charge in [-0.15, -0.1) is 0 Å². The van der Waals surface area contributed by atoms with Gasteiger partial charge in [-0.2, -0.15) is 0 Å². The maximum atomic E-state index is 13.3. The summed E-state index contributed by atoms with van der Waals surface area (Å²) in [7, 11) is 1.94. The summed E-state index contributed by atoms with van der Waals surface area (Å²) in [5.41, 5.74) is 2.68. The van der Waals surface area contributed by atoms with E-state index in [0.29, 0.717) is 29.6 Å². The van der Waals surface area contributed by atoms with Crippen molar-refractivity contribution >= 4 is 23.2 Å². The summed E-state index contributed by atoms with van der Waals surface area (Å²) >= 11 is 6.00. The molecule has 0 aliphatic heterocycles. The van der Waals surface area contributed by atoms with Crippen LogP contribution >= 0.6 is 11.6 Å². The molecule has 1 atom stereocenters. The first-order valence-corrected chi connectivity index (χ1v) is 9.98. The molecule has 1 N–H and O–H groups in total. The Hall–Kier alpha value is -2.82. The molecule has 0 aliphatic rings. The monoisotopic (exact) mass is 408 g/mol. The predicted molar refractivity (Wildman–Crippen MR) is 118 cm³/mol. The number of para-hydroxylation sites is 2. The molecule has 150 valence electrons. The van der Waals surface area contributed by atoms with Crippen LogP contribution in [0.25, 0.3) is 0 Å². The number of amides is 1. The minimum atomic E-state index is -0.457. The predicted octanol–water partition coefficient (Wildman–Crippen LogP) is 5.55. The van der Waals surface area contributed by atoms with Crippen molar-refractivity contribution < 1.29 is 9.53 Å². The van der Waals surface area contributed by atoms with Crippen molar-refractivity contribution in [1.29, 1.82) is 0 Å². The van der Waals surface area contributed by atoms with E-state index in [1.165, 1.54) is 0 Å². The molecule has 0 aliphatic carbocycles. The van der Waals surface area contributed by atoms with Gasteiger partial charge in [0.1, 0.15) is 11.8 Å². The number of hydrogen-bond acceptors (Lipinski definition) is 3. The summed E-state index contributed by atoms with van der Waals surface area (Å²) in [6.07, 6.45) is 0. The van der Waals surface area contributed by atoms with Gasteiger partial charge in [-0.1, -0.05) is 66.2 Å². The number of anilines is 1. The molecule has 0 spiro atoms. The van der Waals surface area contributed by atoms with Gasteiger partial charge < -0.3 is 10.1 Å². The SMILES string of the molecule is CCOc1ccccc1NC(=O)[C@H](c1ccccc1)N(C)Cc1ccc(Cl)cc1. The minimum absolute atomic E-state index is 0.111. The van der Waals surface area contributed by atoms with Gasteiger partial charge in [0, 0.05) is 11.6 Å². The fourth-order valence-corrected chi connectivity index (χ4v) is 3.39. The molecular formula is C24H25ClN2O2. The first-order valence-electron chi connectivity index (χ1n) is 9.60. The van der Waals surface area contributed by atoms with Crippen molar-refractivity contribution in [2.45, 2.75) is 19.5 Å². The summed E-state index contributed by atoms with van der Waals surface area (Å²) < 4.78 is 5.65. The lowest BCUT2D eigenvalue weighted by Crippen LogP contribution is -2.34. The zero-order valence-corrected chi connectivity index (χ0v) is 17.4. The Kier molecular flexibility index (Phi) is 7.28. The van der Waals surface area contributed by atoms with E-state index in [2.05, 4.69) is 5.32 Å². The summed E-state index contributed by atoms with van der Waals surface area (Å²) in [6.45, 7) is 3.06. The Morgan fingerprint density at radius 2 is 1.66 bits per heavy atom. The smallest absolute Gasteiger partial charge is 0.246 e. The number of nitrogens with zero attached hydrogens (tertiary/aromatic N) is 1. The minimum Gasteiger partial charge on any atom is -0.492 e. The van der Waals surface area contributed by atoms with E-state index in [1.807, 2.05) is 97.7 Å². The number of benzene rings is 3. The Morgan fingerprint density at radius 1 is 1.00 bits per heavy atom. The standard InChI is InChI=1S/C24H25ClN2O2/c1-3-29-22-12-8-7-11-21(22)26-24(28)23(19-9-5-4-6-10-19)27(2)17-18-13-15-20(25)16-14-18/h4-16,23H,3,17H2,1-2H3,(H,26,28)/t23-/m0/s1. The highest BCUT2D eigenvalue weighted by molar-refractivity contribution is 6.30. The number of hydrogen-bond donors (Lipinski definition) is 1. The molecule has 0 unspecified atom stereocenters. The lowest BCUT2D eigenvalue weighted by Gasteiger charge is -2.28. The van der Waals surface area contributed by atoms with Crippen LogP contribution < -0.4 is 10.1 Å². The van der Waals surface area contributed by atoms with Gasteiger partial charge in [0.25, 0.3) is 0 Å². The van der Waals surface area contributed by atoms with E-state index in [1.54, 1.807) is 0 Å². The quantitative estimate of drug-likeness (QED) is 0.531. The molecule has 0 saturated heterocycles. The number of halogens is 1. The average Bonchev–Trinajstić information content (AvgIpc) is 2.72. The Balaban J connectivity index is 1.85. The van der Waals surface area contributed by atoms with Gasteiger partial charge in [0.2, 0.25) is 5.91 Å². The first kappa shape index (κ1) is 20.9. The summed E-state index contributed by atoms with van der Waals surface area (Å²) in [6, 6.07) is 24.5. The Labute approximate surface area is 177 Å². The van der Waals surface area contributed by atoms with E-state index in [4.69, 9.17) is 16.3 Å². The van der Waals surface area contributed by atoms with Crippen molar-refractivity contribution in [3.05, 3.63) is 95.0 Å². The number of carbonyl (C=O) groups excluding carboxylic acids is 1. The maximum Gasteiger partial charge on any atom is 0.246 e. The molecule has 1 amide bonds. The molecule has 3 aromatic rings. The number of ether oxygens (including phenoxy) is 1. The second-order valence-electron chi connectivity index (χ2n) is 6.77. The third-order valence-corrected chi connectivity index (χ3v) is 4.85. The molecule has 29 heavy (non-hydrogen) atoms. The van der Waals surface area contributed by atoms with Crippen LogP contribution in [0, 0.1) is 0 Å². The van der Waals surface area contributed by atoms with Gasteiger partial charge in [-0.25, -0.2) is 0 Å². The van der Waals surface area contributed by atoms with Gasteiger partial charge in [-0.05, 0) is 49.4 Å². The highest BCUT2D eigenvalue weighted by atomic mass is 35.5. The van der Waals surface area contributed by atoms with Crippen molar-refractivity contribution in [1.82, 2.24) is 4.90 Å². The third kappa shape index (κ3) is 5.59. The second-order valence-corrected chi connectivity index (χ2v) is 7.21. The third-order valence-electron chi connectivity index (χ3n) is 4.59. The van der Waals surface area contributed by atoms with E-state index in [9.17, 15) is 4.79 Å². The zero-order chi connectivity index (χ0) is 20.6. The lowest BCUT2D eigenvalue weighted by molar-refractivity contribution is -0.121. The number of carbonyl (C=O) groups is 1. The number of rotatable bonds is 8. The highest BCUT2D eigenvalue weighted by Gasteiger charge is 2.26. The van der Waals surface area contributed by atoms with E-state index >= 15 is 0 Å². The molecular weight excluding hydrogens is 384 g/mol. The summed E-state index contributed by atoms with van der Waals surface area (Å²) in [4.78, 5) is 15.4. The van der Waals surface area contributed by atoms with Crippen molar-refractivity contribution in [2.24, 2.45) is 0 Å². The molecule has 3 rings (SSSR count). The number of nitrogens with one attached hydrogen (secondary N) is 1. The lowest BCUT2D eigenvalue weighted by atomic mass is 10.0. The van der Waals surface area contributed by atoms with Gasteiger partial charge in [0.15, 0.2) is 0 Å². The van der Waals surface area contributed by atoms with Crippen LogP contribution in [0.1, 0.15) is 24.1 Å². The van der Waals surface area contributed by atoms with E-state index in [-0.39, 0.29) is 5.91 Å². The van der Waals surface area contributed by atoms with Gasteiger partial charge >= 0.3 is 0 Å². The fourth-order valence-electron chi connectivity index (χ4n) is 3.26. The molecule has 3 aromatic carbocycles. The molecule has 0 saturated carbocycles. The first-order chi connectivity index (χ1) is 14.1. The second kappa shape index (κ2) is 10.1. The molecule has 0 fully saturated rings. The van der Waals surface area contributed by atoms with Gasteiger partial charge in [0.05, 0.1) is 12.3 Å². The Morgan fingerprint density at radius 3 is 2.34 bits per heavy atom. The van der Waals surface area contributed by atoms with Crippen LogP contribution in [-0.2, 0) is 11.3 Å². The largest absolute Gasteiger partial charge is 0.492 e. The van der Waals surface area contributed by atoms with Crippen molar-refractivity contribution in [3.63, 3.8) is 0 Å². The zero-order valence-electron chi connectivity index (χ0n) is 16.6. The van der Waals surface area contributed by atoms with Crippen LogP contribution in [0.2, 0.25) is 5.02 Å². The van der Waals surface area contributed by atoms with Gasteiger partial charge in [-0.3, -0.25) is 9.69 Å². The Bertz CT molecular complexity index is 929. The van der Waals surface area contributed by atoms with Crippen LogP contribution in [0.3, 0.4) is 0 Å². The summed E-state index contributed by atoms with van der Waals surface area (Å²) in [5.74, 6) is 0.551. The van der Waals surface area contributed by atoms with Crippen molar-refractivity contribution in [2.75, 3.05) is 19.0 Å². The highest BCUT2D eigenvalue weighted by Crippen LogP contribution is 2.28. The van der Waals surface area contributed by atoms with E-state index in [0.717, 1.165) is 11.1 Å². The molecule has 0 heterocycles. The molecule has 0 bridgehead atoms. The molecule has 5 heteroatoms. The van der Waals surface area contributed by atoms with Crippen LogP contribution in [0.5, 0.6) is 5.75 Å². The number of likely N-dealkylation sites (N-methyl/N-ethyl adjacent to an activating group) is 1. The van der Waals surface area contributed by atoms with Crippen LogP contribution in [0.4, 0.5) is 5.69 Å². The molecule has 4 nitrogen and oxygen atoms in total. The summed E-state index contributed by atoms with van der Waals surface area (Å²) in [5, 5.41) is 3.74. The topological polar surface area (TPSA) is 41.6 Å². The molecule has 0 radical (unpaired) electrons. The fraction of sp³-hybridized carbons (Fsp3) is 0.208. The normalized spacial score (nSPS) is 11.9. The van der Waals surface area contributed by atoms with Crippen LogP contribution in [0.15, 0.2) is 78.9 Å². The maximum absolute atomic E-state index is 13.3. The average molecular weight is 409 g/mol. The van der Waals surface area contributed by atoms with Crippen molar-refractivity contribution in [3.8, 4) is 5.75 Å². The van der Waals surface area contributed by atoms with Crippen LogP contribution in [-0.4, -0.2) is 24.5 Å². The van der Waals surface area contributed by atoms with E-state index < -0.39 is 6.04 Å². The molecule has 0 aromatic heterocycles.